The molecule has 134 valence electrons. The van der Waals surface area contributed by atoms with Crippen LogP contribution < -0.4 is 24.3 Å². The summed E-state index contributed by atoms with van der Waals surface area (Å²) in [6, 6.07) is 10.4. The summed E-state index contributed by atoms with van der Waals surface area (Å²) in [6.45, 7) is 2.69. The molecular formula is C19H23NO5. The minimum atomic E-state index is -0.240. The number of ether oxygens (including phenoxy) is 4. The standard InChI is InChI=1S/C19H23NO5/c1-5-10-25-15-8-6-13(7-9-15)19(21)20-14-11-16(22-2)18(24-4)17(12-14)23-3/h6-9,11-12H,5,10H2,1-4H3,(H,20,21). The number of nitrogens with one attached hydrogen (secondary N) is 1. The van der Waals surface area contributed by atoms with Crippen molar-refractivity contribution in [3.8, 4) is 23.0 Å². The first-order chi connectivity index (χ1) is 12.1. The second-order valence-electron chi connectivity index (χ2n) is 5.24. The minimum Gasteiger partial charge on any atom is -0.494 e. The van der Waals surface area contributed by atoms with Gasteiger partial charge in [0.15, 0.2) is 11.5 Å². The van der Waals surface area contributed by atoms with E-state index < -0.39 is 0 Å². The third-order valence-corrected chi connectivity index (χ3v) is 3.51. The van der Waals surface area contributed by atoms with Crippen molar-refractivity contribution in [2.45, 2.75) is 13.3 Å². The Balaban J connectivity index is 2.17. The Morgan fingerprint density at radius 3 is 2.04 bits per heavy atom. The summed E-state index contributed by atoms with van der Waals surface area (Å²) in [5, 5.41) is 2.83. The molecule has 2 aromatic rings. The highest BCUT2D eigenvalue weighted by molar-refractivity contribution is 6.04. The van der Waals surface area contributed by atoms with E-state index in [1.54, 1.807) is 36.4 Å². The summed E-state index contributed by atoms with van der Waals surface area (Å²) in [4.78, 5) is 12.4. The van der Waals surface area contributed by atoms with E-state index in [-0.39, 0.29) is 5.91 Å². The van der Waals surface area contributed by atoms with Gasteiger partial charge in [0.05, 0.1) is 27.9 Å². The molecule has 0 saturated carbocycles. The Bertz CT molecular complexity index is 687. The number of carbonyl (C=O) groups excluding carboxylic acids is 1. The summed E-state index contributed by atoms with van der Waals surface area (Å²) in [7, 11) is 4.58. The van der Waals surface area contributed by atoms with Crippen LogP contribution in [0.25, 0.3) is 0 Å². The Hall–Kier alpha value is -2.89. The molecule has 0 unspecified atom stereocenters. The maximum absolute atomic E-state index is 12.4. The van der Waals surface area contributed by atoms with Crippen LogP contribution in [0, 0.1) is 0 Å². The summed E-state index contributed by atoms with van der Waals surface area (Å²) in [5.41, 5.74) is 1.07. The second-order valence-corrected chi connectivity index (χ2v) is 5.24. The summed E-state index contributed by atoms with van der Waals surface area (Å²) in [6.07, 6.45) is 0.934. The molecule has 2 aromatic carbocycles. The van der Waals surface area contributed by atoms with Crippen molar-refractivity contribution in [1.82, 2.24) is 0 Å². The minimum absolute atomic E-state index is 0.240. The largest absolute Gasteiger partial charge is 0.494 e. The van der Waals surface area contributed by atoms with Crippen molar-refractivity contribution >= 4 is 11.6 Å². The lowest BCUT2D eigenvalue weighted by Gasteiger charge is -2.14. The number of amides is 1. The van der Waals surface area contributed by atoms with E-state index in [0.717, 1.165) is 12.2 Å². The number of anilines is 1. The number of hydrogen-bond acceptors (Lipinski definition) is 5. The molecule has 0 aromatic heterocycles. The van der Waals surface area contributed by atoms with Crippen LogP contribution in [-0.2, 0) is 0 Å². The first kappa shape index (κ1) is 18.4. The van der Waals surface area contributed by atoms with Crippen molar-refractivity contribution in [2.75, 3.05) is 33.3 Å². The quantitative estimate of drug-likeness (QED) is 0.789. The molecule has 0 fully saturated rings. The maximum Gasteiger partial charge on any atom is 0.255 e. The fourth-order valence-electron chi connectivity index (χ4n) is 2.28. The van der Waals surface area contributed by atoms with Gasteiger partial charge in [0.25, 0.3) is 5.91 Å². The van der Waals surface area contributed by atoms with E-state index in [1.807, 2.05) is 6.92 Å². The molecule has 0 aliphatic rings. The van der Waals surface area contributed by atoms with E-state index in [4.69, 9.17) is 18.9 Å². The Morgan fingerprint density at radius 2 is 1.56 bits per heavy atom. The van der Waals surface area contributed by atoms with Crippen molar-refractivity contribution < 1.29 is 23.7 Å². The lowest BCUT2D eigenvalue weighted by Crippen LogP contribution is -2.12. The van der Waals surface area contributed by atoms with Crippen LogP contribution in [0.1, 0.15) is 23.7 Å². The first-order valence-corrected chi connectivity index (χ1v) is 7.97. The van der Waals surface area contributed by atoms with E-state index in [9.17, 15) is 4.79 Å². The molecule has 0 radical (unpaired) electrons. The molecule has 1 amide bonds. The molecule has 0 saturated heterocycles. The molecule has 0 atom stereocenters. The molecular weight excluding hydrogens is 322 g/mol. The van der Waals surface area contributed by atoms with E-state index in [2.05, 4.69) is 5.32 Å². The third-order valence-electron chi connectivity index (χ3n) is 3.51. The average molecular weight is 345 g/mol. The summed E-state index contributed by atoms with van der Waals surface area (Å²) < 4.78 is 21.4. The van der Waals surface area contributed by atoms with Gasteiger partial charge in [-0.3, -0.25) is 4.79 Å². The van der Waals surface area contributed by atoms with Gasteiger partial charge >= 0.3 is 0 Å². The molecule has 0 aliphatic carbocycles. The van der Waals surface area contributed by atoms with E-state index >= 15 is 0 Å². The van der Waals surface area contributed by atoms with Crippen molar-refractivity contribution in [3.05, 3.63) is 42.0 Å². The highest BCUT2D eigenvalue weighted by atomic mass is 16.5. The number of methoxy groups -OCH3 is 3. The van der Waals surface area contributed by atoms with Crippen molar-refractivity contribution in [3.63, 3.8) is 0 Å². The van der Waals surface area contributed by atoms with Crippen LogP contribution in [0.5, 0.6) is 23.0 Å². The average Bonchev–Trinajstić information content (AvgIpc) is 2.65. The monoisotopic (exact) mass is 345 g/mol. The van der Waals surface area contributed by atoms with Gasteiger partial charge in [-0.05, 0) is 30.7 Å². The van der Waals surface area contributed by atoms with Gasteiger partial charge in [-0.2, -0.15) is 0 Å². The van der Waals surface area contributed by atoms with E-state index in [1.165, 1.54) is 21.3 Å². The number of rotatable bonds is 8. The zero-order valence-electron chi connectivity index (χ0n) is 14.9. The number of hydrogen-bond donors (Lipinski definition) is 1. The predicted molar refractivity (Wildman–Crippen MR) is 96.3 cm³/mol. The van der Waals surface area contributed by atoms with Crippen LogP contribution in [-0.4, -0.2) is 33.8 Å². The summed E-state index contributed by atoms with van der Waals surface area (Å²) >= 11 is 0. The lowest BCUT2D eigenvalue weighted by atomic mass is 10.2. The smallest absolute Gasteiger partial charge is 0.255 e. The SMILES string of the molecule is CCCOc1ccc(C(=O)Nc2cc(OC)c(OC)c(OC)c2)cc1. The zero-order valence-corrected chi connectivity index (χ0v) is 14.9. The van der Waals surface area contributed by atoms with Gasteiger partial charge in [-0.1, -0.05) is 6.92 Å². The zero-order chi connectivity index (χ0) is 18.2. The molecule has 0 heterocycles. The fourth-order valence-corrected chi connectivity index (χ4v) is 2.28. The van der Waals surface area contributed by atoms with Crippen LogP contribution >= 0.6 is 0 Å². The van der Waals surface area contributed by atoms with Crippen molar-refractivity contribution in [2.24, 2.45) is 0 Å². The molecule has 0 spiro atoms. The normalized spacial score (nSPS) is 10.1. The Labute approximate surface area is 147 Å². The Kier molecular flexibility index (Phi) is 6.51. The van der Waals surface area contributed by atoms with Crippen LogP contribution in [0.4, 0.5) is 5.69 Å². The van der Waals surface area contributed by atoms with Gasteiger partial charge < -0.3 is 24.3 Å². The van der Waals surface area contributed by atoms with Crippen LogP contribution in [0.3, 0.4) is 0 Å². The highest BCUT2D eigenvalue weighted by Crippen LogP contribution is 2.40. The van der Waals surface area contributed by atoms with Crippen molar-refractivity contribution in [1.29, 1.82) is 0 Å². The van der Waals surface area contributed by atoms with Gasteiger partial charge in [0.2, 0.25) is 5.75 Å². The maximum atomic E-state index is 12.4. The highest BCUT2D eigenvalue weighted by Gasteiger charge is 2.15. The molecule has 0 aliphatic heterocycles. The van der Waals surface area contributed by atoms with Gasteiger partial charge in [-0.15, -0.1) is 0 Å². The second kappa shape index (κ2) is 8.82. The molecule has 0 bridgehead atoms. The number of carbonyl (C=O) groups is 1. The summed E-state index contributed by atoms with van der Waals surface area (Å²) in [5.74, 6) is 1.92. The molecule has 2 rings (SSSR count). The lowest BCUT2D eigenvalue weighted by molar-refractivity contribution is 0.102. The van der Waals surface area contributed by atoms with Gasteiger partial charge in [-0.25, -0.2) is 0 Å². The van der Waals surface area contributed by atoms with Gasteiger partial charge in [0, 0.05) is 23.4 Å². The molecule has 6 nitrogen and oxygen atoms in total. The number of benzene rings is 2. The predicted octanol–water partition coefficient (Wildman–Crippen LogP) is 3.75. The van der Waals surface area contributed by atoms with Crippen LogP contribution in [0.15, 0.2) is 36.4 Å². The molecule has 25 heavy (non-hydrogen) atoms. The first-order valence-electron chi connectivity index (χ1n) is 7.97. The van der Waals surface area contributed by atoms with E-state index in [0.29, 0.717) is 35.1 Å². The molecule has 6 heteroatoms. The third kappa shape index (κ3) is 4.56. The Morgan fingerprint density at radius 1 is 0.960 bits per heavy atom. The molecule has 1 N–H and O–H groups in total. The van der Waals surface area contributed by atoms with Gasteiger partial charge in [0.1, 0.15) is 5.75 Å². The van der Waals surface area contributed by atoms with Crippen LogP contribution in [0.2, 0.25) is 0 Å². The fraction of sp³-hybridized carbons (Fsp3) is 0.316. The topological polar surface area (TPSA) is 66.0 Å².